The molecule has 11 heteroatoms. The Morgan fingerprint density at radius 3 is 2.63 bits per heavy atom. The fourth-order valence-electron chi connectivity index (χ4n) is 7.18. The Kier molecular flexibility index (Phi) is 9.78. The molecule has 0 spiro atoms. The molecule has 0 radical (unpaired) electrons. The first-order valence-electron chi connectivity index (χ1n) is 16.4. The molecule has 0 N–H and O–H groups in total. The first kappa shape index (κ1) is 33.0. The Balaban J connectivity index is 1.30. The minimum atomic E-state index is -0.680. The number of piperazine rings is 1. The molecule has 0 saturated carbocycles. The Labute approximate surface area is 285 Å². The molecular weight excluding hydrogens is 668 g/mol. The van der Waals surface area contributed by atoms with Crippen LogP contribution in [0.4, 0.5) is 4.79 Å². The van der Waals surface area contributed by atoms with Crippen molar-refractivity contribution in [1.82, 2.24) is 29.2 Å². The minimum absolute atomic E-state index is 0.0194. The van der Waals surface area contributed by atoms with Crippen LogP contribution in [0.5, 0.6) is 0 Å². The first-order valence-corrected chi connectivity index (χ1v) is 17.6. The number of ether oxygens (including phenoxy) is 1. The zero-order valence-electron chi connectivity index (χ0n) is 27.2. The van der Waals surface area contributed by atoms with Gasteiger partial charge >= 0.3 is 6.09 Å². The van der Waals surface area contributed by atoms with Crippen LogP contribution >= 0.6 is 27.5 Å². The first-order chi connectivity index (χ1) is 22.0. The molecule has 3 atom stereocenters. The Morgan fingerprint density at radius 1 is 1.07 bits per heavy atom. The van der Waals surface area contributed by atoms with Gasteiger partial charge in [0, 0.05) is 61.2 Å². The summed E-state index contributed by atoms with van der Waals surface area (Å²) in [6.45, 7) is 11.2. The third kappa shape index (κ3) is 7.29. The van der Waals surface area contributed by atoms with Gasteiger partial charge in [-0.15, -0.1) is 0 Å². The number of likely N-dealkylation sites (tertiary alicyclic amines) is 1. The third-order valence-corrected chi connectivity index (χ3v) is 10.00. The van der Waals surface area contributed by atoms with Crippen molar-refractivity contribution in [2.45, 2.75) is 84.0 Å². The maximum absolute atomic E-state index is 14.6. The predicted molar refractivity (Wildman–Crippen MR) is 182 cm³/mol. The van der Waals surface area contributed by atoms with Crippen LogP contribution in [0.2, 0.25) is 5.02 Å². The van der Waals surface area contributed by atoms with E-state index in [1.165, 1.54) is 11.1 Å². The van der Waals surface area contributed by atoms with Crippen molar-refractivity contribution in [3.05, 3.63) is 80.6 Å². The summed E-state index contributed by atoms with van der Waals surface area (Å²) in [4.78, 5) is 43.6. The topological polar surface area (TPSA) is 83.8 Å². The van der Waals surface area contributed by atoms with Crippen LogP contribution in [0, 0.1) is 5.92 Å². The summed E-state index contributed by atoms with van der Waals surface area (Å²) in [5.41, 5.74) is 4.91. The summed E-state index contributed by atoms with van der Waals surface area (Å²) in [6.07, 6.45) is 9.98. The van der Waals surface area contributed by atoms with Crippen LogP contribution in [0.1, 0.15) is 74.7 Å². The number of carbonyl (C=O) groups is 2. The molecule has 1 aromatic carbocycles. The molecule has 4 heterocycles. The summed E-state index contributed by atoms with van der Waals surface area (Å²) in [5.74, 6) is 0.299. The van der Waals surface area contributed by atoms with Crippen molar-refractivity contribution >= 4 is 39.5 Å². The van der Waals surface area contributed by atoms with Gasteiger partial charge in [-0.05, 0) is 110 Å². The molecule has 2 saturated heterocycles. The lowest BCUT2D eigenvalue weighted by Gasteiger charge is -2.46. The summed E-state index contributed by atoms with van der Waals surface area (Å²) in [5, 5.41) is 0.710. The van der Waals surface area contributed by atoms with Crippen LogP contribution in [-0.4, -0.2) is 85.6 Å². The molecule has 0 bridgehead atoms. The summed E-state index contributed by atoms with van der Waals surface area (Å²) < 4.78 is 8.94. The lowest BCUT2D eigenvalue weighted by Crippen LogP contribution is -2.63. The molecule has 246 valence electrons. The Bertz CT molecular complexity index is 1530. The summed E-state index contributed by atoms with van der Waals surface area (Å²) in [7, 11) is 0. The van der Waals surface area contributed by atoms with E-state index in [2.05, 4.69) is 61.7 Å². The molecule has 9 nitrogen and oxygen atoms in total. The number of piperidine rings is 1. The molecule has 2 aromatic heterocycles. The third-order valence-electron chi connectivity index (χ3n) is 9.33. The van der Waals surface area contributed by atoms with Crippen LogP contribution < -0.4 is 0 Å². The number of aryl methyl sites for hydroxylation is 3. The van der Waals surface area contributed by atoms with Gasteiger partial charge in [0.15, 0.2) is 0 Å². The number of hydrogen-bond acceptors (Lipinski definition) is 6. The van der Waals surface area contributed by atoms with Gasteiger partial charge in [0.25, 0.3) is 0 Å². The van der Waals surface area contributed by atoms with Gasteiger partial charge in [-0.3, -0.25) is 19.6 Å². The summed E-state index contributed by atoms with van der Waals surface area (Å²) in [6, 6.07) is 7.40. The highest BCUT2D eigenvalue weighted by atomic mass is 79.9. The molecule has 2 amide bonds. The lowest BCUT2D eigenvalue weighted by atomic mass is 9.94. The number of benzene rings is 1. The fourth-order valence-corrected chi connectivity index (χ4v) is 7.76. The number of pyridine rings is 1. The summed E-state index contributed by atoms with van der Waals surface area (Å²) >= 11 is 10.1. The molecule has 46 heavy (non-hydrogen) atoms. The maximum atomic E-state index is 14.6. The molecule has 3 aromatic rings. The van der Waals surface area contributed by atoms with Crippen molar-refractivity contribution in [2.24, 2.45) is 5.92 Å². The molecule has 2 fully saturated rings. The van der Waals surface area contributed by atoms with Crippen molar-refractivity contribution in [3.8, 4) is 0 Å². The lowest BCUT2D eigenvalue weighted by molar-refractivity contribution is -0.141. The van der Waals surface area contributed by atoms with Crippen LogP contribution in [-0.2, 0) is 35.3 Å². The molecule has 1 aliphatic carbocycles. The van der Waals surface area contributed by atoms with Crippen molar-refractivity contribution < 1.29 is 14.3 Å². The number of imidazole rings is 1. The average Bonchev–Trinajstić information content (AvgIpc) is 3.41. The monoisotopic (exact) mass is 710 g/mol. The number of carbonyl (C=O) groups excluding carboxylic acids is 2. The van der Waals surface area contributed by atoms with E-state index in [0.29, 0.717) is 43.7 Å². The number of rotatable bonds is 5. The van der Waals surface area contributed by atoms with Crippen LogP contribution in [0.3, 0.4) is 0 Å². The Morgan fingerprint density at radius 2 is 1.87 bits per heavy atom. The van der Waals surface area contributed by atoms with Gasteiger partial charge < -0.3 is 14.2 Å². The largest absolute Gasteiger partial charge is 0.444 e. The van der Waals surface area contributed by atoms with Crippen molar-refractivity contribution in [1.29, 1.82) is 0 Å². The maximum Gasteiger partial charge on any atom is 0.411 e. The van der Waals surface area contributed by atoms with Gasteiger partial charge in [-0.25, -0.2) is 9.78 Å². The average molecular weight is 712 g/mol. The van der Waals surface area contributed by atoms with Gasteiger partial charge in [-0.1, -0.05) is 24.6 Å². The van der Waals surface area contributed by atoms with E-state index in [1.807, 2.05) is 44.3 Å². The quantitative estimate of drug-likeness (QED) is 0.309. The number of aromatic nitrogens is 3. The molecule has 2 aliphatic heterocycles. The second-order valence-electron chi connectivity index (χ2n) is 13.8. The van der Waals surface area contributed by atoms with Gasteiger partial charge in [0.2, 0.25) is 5.91 Å². The highest BCUT2D eigenvalue weighted by molar-refractivity contribution is 9.10. The number of fused-ring (bicyclic) bond motifs is 2. The second-order valence-corrected chi connectivity index (χ2v) is 15.2. The molecular formula is C35H44BrClN6O3. The predicted octanol–water partition coefficient (Wildman–Crippen LogP) is 6.30. The Hall–Kier alpha value is -2.95. The van der Waals surface area contributed by atoms with Crippen molar-refractivity contribution in [3.63, 3.8) is 0 Å². The normalized spacial score (nSPS) is 22.2. The van der Waals surface area contributed by atoms with Gasteiger partial charge in [0.05, 0.1) is 23.8 Å². The van der Waals surface area contributed by atoms with E-state index in [9.17, 15) is 9.59 Å². The van der Waals surface area contributed by atoms with E-state index in [-0.39, 0.29) is 11.9 Å². The van der Waals surface area contributed by atoms with Gasteiger partial charge in [0.1, 0.15) is 11.6 Å². The van der Waals surface area contributed by atoms with E-state index < -0.39 is 17.7 Å². The number of halogens is 2. The highest BCUT2D eigenvalue weighted by Crippen LogP contribution is 2.39. The molecule has 0 unspecified atom stereocenters. The van der Waals surface area contributed by atoms with E-state index >= 15 is 0 Å². The number of amides is 2. The number of hydrogen-bond donors (Lipinski definition) is 0. The zero-order valence-corrected chi connectivity index (χ0v) is 29.6. The standard InChI is InChI=1S/C35H44BrClN6O3/c1-5-28-20-40(22-39-28)18-23-7-6-12-42(19-23)33(44)30-21-41(13-14-43(30)34(45)46-35(2,3)4)32-29-11-10-27(37)16-24(29)8-9-25-15-26(36)17-38-31(25)32/h10-11,15-17,20,22-23,30,32H,5-9,12-14,18-19,21H2,1-4H3/t23-,30+,32-/m0/s1. The molecule has 6 rings (SSSR count). The minimum Gasteiger partial charge on any atom is -0.444 e. The van der Waals surface area contributed by atoms with E-state index in [4.69, 9.17) is 21.3 Å². The van der Waals surface area contributed by atoms with Crippen LogP contribution in [0.15, 0.2) is 47.5 Å². The van der Waals surface area contributed by atoms with Crippen LogP contribution in [0.25, 0.3) is 0 Å². The molecule has 3 aliphatic rings. The van der Waals surface area contributed by atoms with E-state index in [0.717, 1.165) is 60.1 Å². The SMILES string of the molecule is CCc1cn(C[C@@H]2CCCN(C(=O)[C@H]3CN([C@H]4c5ccc(Cl)cc5CCc5cc(Br)cnc54)CCN3C(=O)OC(C)(C)C)C2)cn1. The highest BCUT2D eigenvalue weighted by Gasteiger charge is 2.43. The van der Waals surface area contributed by atoms with Crippen molar-refractivity contribution in [2.75, 3.05) is 32.7 Å². The second kappa shape index (κ2) is 13.6. The number of nitrogens with zero attached hydrogens (tertiary/aromatic N) is 6. The zero-order chi connectivity index (χ0) is 32.6. The van der Waals surface area contributed by atoms with E-state index in [1.54, 1.807) is 4.90 Å². The smallest absolute Gasteiger partial charge is 0.411 e. The van der Waals surface area contributed by atoms with Gasteiger partial charge in [-0.2, -0.15) is 0 Å². The fraction of sp³-hybridized carbons (Fsp3) is 0.543.